The second-order valence-corrected chi connectivity index (χ2v) is 3.07. The maximum absolute atomic E-state index is 11.1. The molecule has 0 saturated carbocycles. The number of nitrogens with one attached hydrogen (secondary N) is 1. The van der Waals surface area contributed by atoms with E-state index in [1.54, 1.807) is 6.92 Å². The standard InChI is InChI=1S/C8H16N2O3/c1-3-4-6(8(12)13)10-7(11)5(2)9/h5-6H,3-4,9H2,1-2H3,(H,10,11)(H,12,13)/t5-,6+/m1/s1. The monoisotopic (exact) mass is 188 g/mol. The Kier molecular flexibility index (Phi) is 5.06. The minimum atomic E-state index is -1.24. The quantitative estimate of drug-likeness (QED) is 0.505. The maximum atomic E-state index is 11.1. The van der Waals surface area contributed by atoms with Crippen molar-refractivity contribution in [3.8, 4) is 0 Å². The summed E-state index contributed by atoms with van der Waals surface area (Å²) >= 11 is 0. The summed E-state index contributed by atoms with van der Waals surface area (Å²) in [5, 5.41) is 12.9. The molecule has 0 unspecified atom stereocenters. The summed E-state index contributed by atoms with van der Waals surface area (Å²) in [6, 6.07) is -1.33. The van der Waals surface area contributed by atoms with Crippen LogP contribution in [0.15, 0.2) is 0 Å². The molecule has 0 aliphatic heterocycles. The zero-order valence-electron chi connectivity index (χ0n) is 8.00. The van der Waals surface area contributed by atoms with E-state index in [2.05, 4.69) is 11.1 Å². The van der Waals surface area contributed by atoms with Gasteiger partial charge in [-0.3, -0.25) is 4.79 Å². The van der Waals surface area contributed by atoms with Gasteiger partial charge in [0.2, 0.25) is 0 Å². The molecular weight excluding hydrogens is 172 g/mol. The van der Waals surface area contributed by atoms with E-state index in [4.69, 9.17) is 0 Å². The van der Waals surface area contributed by atoms with Crippen molar-refractivity contribution in [1.29, 1.82) is 0 Å². The van der Waals surface area contributed by atoms with E-state index < -0.39 is 18.1 Å². The number of hydrogen-bond acceptors (Lipinski definition) is 3. The minimum Gasteiger partial charge on any atom is -0.548 e. The Morgan fingerprint density at radius 3 is 2.38 bits per heavy atom. The zero-order valence-corrected chi connectivity index (χ0v) is 8.00. The second-order valence-electron chi connectivity index (χ2n) is 3.07. The molecule has 0 saturated heterocycles. The van der Waals surface area contributed by atoms with Crippen molar-refractivity contribution in [2.45, 2.75) is 38.8 Å². The average Bonchev–Trinajstić information content (AvgIpc) is 2.03. The maximum Gasteiger partial charge on any atom is 0.278 e. The summed E-state index contributed by atoms with van der Waals surface area (Å²) in [7, 11) is 0. The molecule has 0 spiro atoms. The molecule has 0 heterocycles. The minimum absolute atomic E-state index is 0.359. The van der Waals surface area contributed by atoms with E-state index in [1.165, 1.54) is 0 Å². The SMILES string of the molecule is CCC[C@H](NC(=O)[C@@H](C)[NH3+])C(=O)[O-]. The first-order valence-electron chi connectivity index (χ1n) is 4.33. The molecule has 0 rings (SSSR count). The first-order chi connectivity index (χ1) is 5.99. The van der Waals surface area contributed by atoms with Gasteiger partial charge in [0.15, 0.2) is 6.04 Å². The normalized spacial score (nSPS) is 14.7. The van der Waals surface area contributed by atoms with Crippen molar-refractivity contribution in [3.63, 3.8) is 0 Å². The van der Waals surface area contributed by atoms with Gasteiger partial charge in [0.25, 0.3) is 5.91 Å². The molecule has 0 radical (unpaired) electrons. The molecule has 0 bridgehead atoms. The van der Waals surface area contributed by atoms with Crippen molar-refractivity contribution < 1.29 is 20.4 Å². The number of carboxylic acids is 1. The topological polar surface area (TPSA) is 96.9 Å². The third-order valence-electron chi connectivity index (χ3n) is 1.63. The van der Waals surface area contributed by atoms with Gasteiger partial charge in [0, 0.05) is 0 Å². The highest BCUT2D eigenvalue weighted by molar-refractivity contribution is 5.84. The highest BCUT2D eigenvalue weighted by Gasteiger charge is 2.16. The number of amides is 1. The van der Waals surface area contributed by atoms with Crippen LogP contribution in [0.3, 0.4) is 0 Å². The van der Waals surface area contributed by atoms with Crippen LogP contribution in [-0.4, -0.2) is 24.0 Å². The summed E-state index contributed by atoms with van der Waals surface area (Å²) in [5.41, 5.74) is 3.49. The lowest BCUT2D eigenvalue weighted by Crippen LogP contribution is -2.67. The molecular formula is C8H16N2O3. The smallest absolute Gasteiger partial charge is 0.278 e. The first-order valence-corrected chi connectivity index (χ1v) is 4.33. The van der Waals surface area contributed by atoms with E-state index in [-0.39, 0.29) is 5.91 Å². The Hall–Kier alpha value is -1.10. The molecule has 1 amide bonds. The summed E-state index contributed by atoms with van der Waals surface area (Å²) in [6.07, 6.45) is 1.07. The lowest BCUT2D eigenvalue weighted by molar-refractivity contribution is -0.398. The van der Waals surface area contributed by atoms with Gasteiger partial charge < -0.3 is 21.0 Å². The van der Waals surface area contributed by atoms with Crippen LogP contribution in [0.25, 0.3) is 0 Å². The molecule has 5 nitrogen and oxygen atoms in total. The molecule has 13 heavy (non-hydrogen) atoms. The van der Waals surface area contributed by atoms with E-state index in [9.17, 15) is 14.7 Å². The van der Waals surface area contributed by atoms with Crippen LogP contribution in [0.2, 0.25) is 0 Å². The van der Waals surface area contributed by atoms with Gasteiger partial charge >= 0.3 is 0 Å². The van der Waals surface area contributed by atoms with Gasteiger partial charge in [-0.1, -0.05) is 13.3 Å². The summed E-state index contributed by atoms with van der Waals surface area (Å²) in [6.45, 7) is 3.45. The van der Waals surface area contributed by atoms with Crippen LogP contribution in [0.5, 0.6) is 0 Å². The summed E-state index contributed by atoms with van der Waals surface area (Å²) in [4.78, 5) is 21.6. The summed E-state index contributed by atoms with van der Waals surface area (Å²) < 4.78 is 0. The van der Waals surface area contributed by atoms with Crippen molar-refractivity contribution in [3.05, 3.63) is 0 Å². The number of carbonyl (C=O) groups is 2. The van der Waals surface area contributed by atoms with Crippen LogP contribution >= 0.6 is 0 Å². The number of carbonyl (C=O) groups excluding carboxylic acids is 2. The Balaban J connectivity index is 4.10. The fourth-order valence-corrected chi connectivity index (χ4v) is 0.852. The van der Waals surface area contributed by atoms with Crippen LogP contribution in [0.1, 0.15) is 26.7 Å². The molecule has 5 heteroatoms. The van der Waals surface area contributed by atoms with Crippen molar-refractivity contribution in [1.82, 2.24) is 5.32 Å². The number of carboxylic acid groups (broad SMARTS) is 1. The average molecular weight is 188 g/mol. The van der Waals surface area contributed by atoms with Crippen LogP contribution < -0.4 is 16.2 Å². The van der Waals surface area contributed by atoms with Crippen LogP contribution in [0.4, 0.5) is 0 Å². The third-order valence-corrected chi connectivity index (χ3v) is 1.63. The molecule has 0 aliphatic rings. The van der Waals surface area contributed by atoms with Crippen molar-refractivity contribution >= 4 is 11.9 Å². The molecule has 0 aromatic heterocycles. The Bertz CT molecular complexity index is 192. The highest BCUT2D eigenvalue weighted by atomic mass is 16.4. The number of aliphatic carboxylic acids is 1. The molecule has 0 fully saturated rings. The molecule has 0 aliphatic carbocycles. The van der Waals surface area contributed by atoms with E-state index in [0.29, 0.717) is 12.8 Å². The predicted octanol–water partition coefficient (Wildman–Crippen LogP) is -2.35. The van der Waals surface area contributed by atoms with Gasteiger partial charge in [-0.15, -0.1) is 0 Å². The van der Waals surface area contributed by atoms with Crippen molar-refractivity contribution in [2.24, 2.45) is 0 Å². The lowest BCUT2D eigenvalue weighted by Gasteiger charge is -2.19. The number of rotatable bonds is 5. The molecule has 2 atom stereocenters. The van der Waals surface area contributed by atoms with Gasteiger partial charge in [0.05, 0.1) is 12.0 Å². The van der Waals surface area contributed by atoms with Gasteiger partial charge in [-0.05, 0) is 13.3 Å². The number of quaternary nitrogens is 1. The molecule has 0 aromatic carbocycles. The number of hydrogen-bond donors (Lipinski definition) is 2. The van der Waals surface area contributed by atoms with E-state index in [0.717, 1.165) is 0 Å². The zero-order chi connectivity index (χ0) is 10.4. The Morgan fingerprint density at radius 1 is 1.54 bits per heavy atom. The highest BCUT2D eigenvalue weighted by Crippen LogP contribution is 1.95. The van der Waals surface area contributed by atoms with E-state index >= 15 is 0 Å². The largest absolute Gasteiger partial charge is 0.548 e. The Morgan fingerprint density at radius 2 is 2.08 bits per heavy atom. The molecule has 4 N–H and O–H groups in total. The fourth-order valence-electron chi connectivity index (χ4n) is 0.852. The molecule has 76 valence electrons. The fraction of sp³-hybridized carbons (Fsp3) is 0.750. The van der Waals surface area contributed by atoms with Gasteiger partial charge in [-0.25, -0.2) is 0 Å². The lowest BCUT2D eigenvalue weighted by atomic mass is 10.1. The van der Waals surface area contributed by atoms with Crippen molar-refractivity contribution in [2.75, 3.05) is 0 Å². The predicted molar refractivity (Wildman–Crippen MR) is 44.2 cm³/mol. The van der Waals surface area contributed by atoms with Gasteiger partial charge in [0.1, 0.15) is 0 Å². The van der Waals surface area contributed by atoms with Crippen LogP contribution in [-0.2, 0) is 9.59 Å². The molecule has 0 aromatic rings. The second kappa shape index (κ2) is 5.53. The Labute approximate surface area is 77.3 Å². The van der Waals surface area contributed by atoms with Gasteiger partial charge in [-0.2, -0.15) is 0 Å². The summed E-state index contributed by atoms with van der Waals surface area (Å²) in [5.74, 6) is -1.60. The van der Waals surface area contributed by atoms with Crippen LogP contribution in [0, 0.1) is 0 Å². The first kappa shape index (κ1) is 11.9. The van der Waals surface area contributed by atoms with E-state index in [1.807, 2.05) is 6.92 Å². The third kappa shape index (κ3) is 4.47.